The zero-order valence-corrected chi connectivity index (χ0v) is 13.2. The van der Waals surface area contributed by atoms with Crippen LogP contribution in [-0.2, 0) is 20.9 Å². The SMILES string of the molecule is C=CC(=O)NC1CN(C(=O)COCc2ccccc2)CC12CC2. The predicted octanol–water partition coefficient (Wildman–Crippen LogP) is 1.50. The van der Waals surface area contributed by atoms with Gasteiger partial charge < -0.3 is 15.0 Å². The maximum Gasteiger partial charge on any atom is 0.248 e. The van der Waals surface area contributed by atoms with Crippen LogP contribution < -0.4 is 5.32 Å². The van der Waals surface area contributed by atoms with E-state index in [1.165, 1.54) is 6.08 Å². The number of hydrogen-bond donors (Lipinski definition) is 1. The number of ether oxygens (including phenoxy) is 1. The van der Waals surface area contributed by atoms with E-state index in [0.717, 1.165) is 18.4 Å². The molecule has 23 heavy (non-hydrogen) atoms. The smallest absolute Gasteiger partial charge is 0.248 e. The summed E-state index contributed by atoms with van der Waals surface area (Å²) in [6, 6.07) is 9.83. The van der Waals surface area contributed by atoms with Crippen molar-refractivity contribution in [2.75, 3.05) is 19.7 Å². The van der Waals surface area contributed by atoms with Crippen molar-refractivity contribution in [2.24, 2.45) is 5.41 Å². The largest absolute Gasteiger partial charge is 0.367 e. The highest BCUT2D eigenvalue weighted by molar-refractivity contribution is 5.87. The molecule has 1 atom stereocenters. The molecule has 0 bridgehead atoms. The molecule has 1 heterocycles. The summed E-state index contributed by atoms with van der Waals surface area (Å²) in [4.78, 5) is 25.7. The van der Waals surface area contributed by atoms with Crippen molar-refractivity contribution in [3.05, 3.63) is 48.6 Å². The third-order valence-corrected chi connectivity index (χ3v) is 4.73. The molecule has 1 aliphatic carbocycles. The van der Waals surface area contributed by atoms with E-state index < -0.39 is 0 Å². The number of benzene rings is 1. The van der Waals surface area contributed by atoms with Gasteiger partial charge in [-0.05, 0) is 24.5 Å². The summed E-state index contributed by atoms with van der Waals surface area (Å²) in [5, 5.41) is 2.96. The second kappa shape index (κ2) is 6.54. The maximum absolute atomic E-state index is 12.3. The molecule has 5 nitrogen and oxygen atoms in total. The Morgan fingerprint density at radius 2 is 2.09 bits per heavy atom. The van der Waals surface area contributed by atoms with Gasteiger partial charge >= 0.3 is 0 Å². The fraction of sp³-hybridized carbons (Fsp3) is 0.444. The molecule has 1 unspecified atom stereocenters. The van der Waals surface area contributed by atoms with Gasteiger partial charge in [-0.25, -0.2) is 0 Å². The number of carbonyl (C=O) groups excluding carboxylic acids is 2. The van der Waals surface area contributed by atoms with Gasteiger partial charge in [-0.15, -0.1) is 0 Å². The van der Waals surface area contributed by atoms with Gasteiger partial charge in [0.15, 0.2) is 0 Å². The molecule has 2 aliphatic rings. The van der Waals surface area contributed by atoms with Crippen molar-refractivity contribution in [2.45, 2.75) is 25.5 Å². The van der Waals surface area contributed by atoms with Gasteiger partial charge in [-0.2, -0.15) is 0 Å². The lowest BCUT2D eigenvalue weighted by Crippen LogP contribution is -2.41. The molecule has 2 fully saturated rings. The van der Waals surface area contributed by atoms with Crippen molar-refractivity contribution in [1.82, 2.24) is 10.2 Å². The van der Waals surface area contributed by atoms with Gasteiger partial charge in [-0.1, -0.05) is 36.9 Å². The molecular formula is C18H22N2O3. The lowest BCUT2D eigenvalue weighted by Gasteiger charge is -2.17. The third-order valence-electron chi connectivity index (χ3n) is 4.73. The number of amides is 2. The van der Waals surface area contributed by atoms with E-state index in [1.54, 1.807) is 0 Å². The van der Waals surface area contributed by atoms with Crippen LogP contribution in [0, 0.1) is 5.41 Å². The summed E-state index contributed by atoms with van der Waals surface area (Å²) in [7, 11) is 0. The van der Waals surface area contributed by atoms with E-state index in [0.29, 0.717) is 19.7 Å². The summed E-state index contributed by atoms with van der Waals surface area (Å²) in [5.41, 5.74) is 1.13. The summed E-state index contributed by atoms with van der Waals surface area (Å²) >= 11 is 0. The molecule has 1 N–H and O–H groups in total. The van der Waals surface area contributed by atoms with Crippen LogP contribution in [0.4, 0.5) is 0 Å². The molecule has 1 saturated heterocycles. The highest BCUT2D eigenvalue weighted by Crippen LogP contribution is 2.52. The second-order valence-corrected chi connectivity index (χ2v) is 6.38. The van der Waals surface area contributed by atoms with E-state index in [1.807, 2.05) is 35.2 Å². The predicted molar refractivity (Wildman–Crippen MR) is 86.5 cm³/mol. The molecule has 1 spiro atoms. The van der Waals surface area contributed by atoms with Crippen LogP contribution in [0.15, 0.2) is 43.0 Å². The first-order valence-corrected chi connectivity index (χ1v) is 7.95. The normalized spacial score (nSPS) is 21.2. The fourth-order valence-electron chi connectivity index (χ4n) is 3.18. The number of rotatable bonds is 6. The number of nitrogens with zero attached hydrogens (tertiary/aromatic N) is 1. The molecule has 1 saturated carbocycles. The third kappa shape index (κ3) is 3.62. The van der Waals surface area contributed by atoms with E-state index in [4.69, 9.17) is 4.74 Å². The Hall–Kier alpha value is -2.14. The van der Waals surface area contributed by atoms with E-state index in [-0.39, 0.29) is 29.9 Å². The van der Waals surface area contributed by atoms with E-state index in [9.17, 15) is 9.59 Å². The van der Waals surface area contributed by atoms with Crippen molar-refractivity contribution >= 4 is 11.8 Å². The summed E-state index contributed by atoms with van der Waals surface area (Å²) < 4.78 is 5.53. The average Bonchev–Trinajstić information content (AvgIpc) is 3.25. The molecular weight excluding hydrogens is 292 g/mol. The minimum absolute atomic E-state index is 0.0115. The number of hydrogen-bond acceptors (Lipinski definition) is 3. The van der Waals surface area contributed by atoms with Gasteiger partial charge in [0, 0.05) is 18.5 Å². The molecule has 1 aromatic carbocycles. The molecule has 0 radical (unpaired) electrons. The standard InChI is InChI=1S/C18H22N2O3/c1-2-16(21)19-15-10-20(13-18(15)8-9-18)17(22)12-23-11-14-6-4-3-5-7-14/h2-7,15H,1,8-13H2,(H,19,21). The minimum Gasteiger partial charge on any atom is -0.367 e. The Kier molecular flexibility index (Phi) is 4.48. The van der Waals surface area contributed by atoms with Crippen LogP contribution in [0.5, 0.6) is 0 Å². The van der Waals surface area contributed by atoms with Gasteiger partial charge in [0.05, 0.1) is 12.6 Å². The van der Waals surface area contributed by atoms with Crippen LogP contribution in [0.2, 0.25) is 0 Å². The Morgan fingerprint density at radius 1 is 1.35 bits per heavy atom. The molecule has 122 valence electrons. The average molecular weight is 314 g/mol. The van der Waals surface area contributed by atoms with Crippen molar-refractivity contribution in [3.8, 4) is 0 Å². The molecule has 5 heteroatoms. The first kappa shape index (κ1) is 15.7. The number of nitrogens with one attached hydrogen (secondary N) is 1. The summed E-state index contributed by atoms with van der Waals surface area (Å²) in [6.45, 7) is 5.26. The Morgan fingerprint density at radius 3 is 2.74 bits per heavy atom. The van der Waals surface area contributed by atoms with Crippen LogP contribution >= 0.6 is 0 Å². The number of likely N-dealkylation sites (tertiary alicyclic amines) is 1. The van der Waals surface area contributed by atoms with Gasteiger partial charge in [-0.3, -0.25) is 9.59 Å². The summed E-state index contributed by atoms with van der Waals surface area (Å²) in [6.07, 6.45) is 3.40. The van der Waals surface area contributed by atoms with E-state index >= 15 is 0 Å². The van der Waals surface area contributed by atoms with Gasteiger partial charge in [0.2, 0.25) is 11.8 Å². The zero-order chi connectivity index (χ0) is 16.3. The molecule has 0 aromatic heterocycles. The lowest BCUT2D eigenvalue weighted by molar-refractivity contribution is -0.135. The van der Waals surface area contributed by atoms with Crippen LogP contribution in [0.1, 0.15) is 18.4 Å². The first-order valence-electron chi connectivity index (χ1n) is 7.95. The fourth-order valence-corrected chi connectivity index (χ4v) is 3.18. The quantitative estimate of drug-likeness (QED) is 0.810. The highest BCUT2D eigenvalue weighted by atomic mass is 16.5. The van der Waals surface area contributed by atoms with Crippen molar-refractivity contribution in [1.29, 1.82) is 0 Å². The Balaban J connectivity index is 1.49. The van der Waals surface area contributed by atoms with E-state index in [2.05, 4.69) is 11.9 Å². The minimum atomic E-state index is -0.170. The maximum atomic E-state index is 12.3. The summed E-state index contributed by atoms with van der Waals surface area (Å²) in [5.74, 6) is -0.182. The zero-order valence-electron chi connectivity index (χ0n) is 13.2. The molecule has 2 amide bonds. The first-order chi connectivity index (χ1) is 11.1. The Labute approximate surface area is 136 Å². The van der Waals surface area contributed by atoms with Gasteiger partial charge in [0.1, 0.15) is 6.61 Å². The van der Waals surface area contributed by atoms with Crippen molar-refractivity contribution < 1.29 is 14.3 Å². The lowest BCUT2D eigenvalue weighted by atomic mass is 10.0. The van der Waals surface area contributed by atoms with Crippen LogP contribution in [0.3, 0.4) is 0 Å². The second-order valence-electron chi connectivity index (χ2n) is 6.38. The molecule has 3 rings (SSSR count). The Bertz CT molecular complexity index is 596. The highest BCUT2D eigenvalue weighted by Gasteiger charge is 2.56. The monoisotopic (exact) mass is 314 g/mol. The van der Waals surface area contributed by atoms with Gasteiger partial charge in [0.25, 0.3) is 0 Å². The van der Waals surface area contributed by atoms with Crippen LogP contribution in [-0.4, -0.2) is 42.5 Å². The number of carbonyl (C=O) groups is 2. The van der Waals surface area contributed by atoms with Crippen molar-refractivity contribution in [3.63, 3.8) is 0 Å². The topological polar surface area (TPSA) is 58.6 Å². The molecule has 1 aliphatic heterocycles. The molecule has 1 aromatic rings. The van der Waals surface area contributed by atoms with Crippen LogP contribution in [0.25, 0.3) is 0 Å².